The Labute approximate surface area is 114 Å². The summed E-state index contributed by atoms with van der Waals surface area (Å²) >= 11 is 0. The summed E-state index contributed by atoms with van der Waals surface area (Å²) in [5.41, 5.74) is 0.775. The molecule has 2 N–H and O–H groups in total. The summed E-state index contributed by atoms with van der Waals surface area (Å²) in [5, 5.41) is 9.73. The lowest BCUT2D eigenvalue weighted by molar-refractivity contribution is -0.117. The van der Waals surface area contributed by atoms with E-state index in [4.69, 9.17) is 4.42 Å². The molecule has 0 saturated carbocycles. The van der Waals surface area contributed by atoms with Gasteiger partial charge in [-0.3, -0.25) is 14.3 Å². The van der Waals surface area contributed by atoms with Crippen molar-refractivity contribution in [1.82, 2.24) is 9.78 Å². The molecule has 104 valence electrons. The molecule has 0 spiro atoms. The van der Waals surface area contributed by atoms with E-state index in [-0.39, 0.29) is 24.2 Å². The molecule has 0 saturated heterocycles. The van der Waals surface area contributed by atoms with Gasteiger partial charge in [-0.2, -0.15) is 5.10 Å². The molecule has 0 aromatic carbocycles. The molecular formula is C13H14N4O3. The van der Waals surface area contributed by atoms with Crippen LogP contribution in [-0.2, 0) is 16.6 Å². The highest BCUT2D eigenvalue weighted by Crippen LogP contribution is 2.41. The third-order valence-electron chi connectivity index (χ3n) is 3.26. The van der Waals surface area contributed by atoms with Crippen molar-refractivity contribution >= 4 is 23.5 Å². The summed E-state index contributed by atoms with van der Waals surface area (Å²) in [5.74, 6) is 1.17. The van der Waals surface area contributed by atoms with Crippen molar-refractivity contribution in [2.75, 3.05) is 10.6 Å². The quantitative estimate of drug-likeness (QED) is 0.867. The summed E-state index contributed by atoms with van der Waals surface area (Å²) in [6.07, 6.45) is 1.83. The van der Waals surface area contributed by atoms with Crippen LogP contribution in [-0.4, -0.2) is 21.6 Å². The zero-order valence-corrected chi connectivity index (χ0v) is 11.1. The second kappa shape index (κ2) is 4.52. The van der Waals surface area contributed by atoms with Crippen LogP contribution < -0.4 is 10.6 Å². The van der Waals surface area contributed by atoms with Crippen LogP contribution in [0.15, 0.2) is 22.8 Å². The van der Waals surface area contributed by atoms with E-state index in [1.807, 2.05) is 6.07 Å². The van der Waals surface area contributed by atoms with E-state index in [0.717, 1.165) is 5.56 Å². The largest absolute Gasteiger partial charge is 0.469 e. The highest BCUT2D eigenvalue weighted by molar-refractivity contribution is 5.97. The van der Waals surface area contributed by atoms with Crippen molar-refractivity contribution in [2.45, 2.75) is 19.3 Å². The fourth-order valence-corrected chi connectivity index (χ4v) is 2.48. The standard InChI is InChI=1S/C13H14N4O3/c1-7(18)14-12-11-8(9-4-3-5-20-9)6-10(19)15-13(11)17(2)16-12/h3-5,8H,6H2,1-2H3,(H,15,19)(H,14,16,18). The first-order valence-electron chi connectivity index (χ1n) is 6.24. The number of aromatic nitrogens is 2. The average Bonchev–Trinajstić information content (AvgIpc) is 2.98. The molecule has 0 aliphatic carbocycles. The van der Waals surface area contributed by atoms with Gasteiger partial charge in [0.15, 0.2) is 5.82 Å². The number of nitrogens with zero attached hydrogens (tertiary/aromatic N) is 2. The number of hydrogen-bond acceptors (Lipinski definition) is 4. The van der Waals surface area contributed by atoms with Gasteiger partial charge < -0.3 is 15.1 Å². The Kier molecular flexibility index (Phi) is 2.81. The van der Waals surface area contributed by atoms with Crippen LogP contribution in [0, 0.1) is 0 Å². The molecule has 2 aromatic heterocycles. The average molecular weight is 274 g/mol. The summed E-state index contributed by atoms with van der Waals surface area (Å²) < 4.78 is 6.97. The topological polar surface area (TPSA) is 89.2 Å². The SMILES string of the molecule is CC(=O)Nc1nn(C)c2c1C(c1ccco1)CC(=O)N2. The molecule has 1 unspecified atom stereocenters. The molecule has 3 rings (SSSR count). The number of nitrogens with one attached hydrogen (secondary N) is 2. The number of carbonyl (C=O) groups excluding carboxylic acids is 2. The van der Waals surface area contributed by atoms with Crippen molar-refractivity contribution in [1.29, 1.82) is 0 Å². The molecule has 0 fully saturated rings. The van der Waals surface area contributed by atoms with Crippen LogP contribution in [0.4, 0.5) is 11.6 Å². The Hall–Kier alpha value is -2.57. The van der Waals surface area contributed by atoms with Crippen molar-refractivity contribution < 1.29 is 14.0 Å². The van der Waals surface area contributed by atoms with Crippen LogP contribution >= 0.6 is 0 Å². The smallest absolute Gasteiger partial charge is 0.226 e. The Balaban J connectivity index is 2.13. The van der Waals surface area contributed by atoms with E-state index in [0.29, 0.717) is 17.4 Å². The number of furan rings is 1. The number of aryl methyl sites for hydroxylation is 1. The molecular weight excluding hydrogens is 260 g/mol. The summed E-state index contributed by atoms with van der Waals surface area (Å²) in [7, 11) is 1.72. The number of carbonyl (C=O) groups is 2. The number of anilines is 2. The molecule has 0 radical (unpaired) electrons. The minimum Gasteiger partial charge on any atom is -0.469 e. The van der Waals surface area contributed by atoms with E-state index in [9.17, 15) is 9.59 Å². The summed E-state index contributed by atoms with van der Waals surface area (Å²) in [4.78, 5) is 23.1. The van der Waals surface area contributed by atoms with E-state index in [1.165, 1.54) is 6.92 Å². The third-order valence-corrected chi connectivity index (χ3v) is 3.26. The molecule has 1 atom stereocenters. The van der Waals surface area contributed by atoms with Crippen molar-refractivity contribution in [2.24, 2.45) is 7.05 Å². The van der Waals surface area contributed by atoms with Gasteiger partial charge in [0.25, 0.3) is 0 Å². The maximum absolute atomic E-state index is 11.8. The molecule has 2 aromatic rings. The highest BCUT2D eigenvalue weighted by atomic mass is 16.3. The molecule has 1 aliphatic heterocycles. The highest BCUT2D eigenvalue weighted by Gasteiger charge is 2.34. The maximum atomic E-state index is 11.8. The van der Waals surface area contributed by atoms with Gasteiger partial charge in [0, 0.05) is 20.4 Å². The Morgan fingerprint density at radius 1 is 1.60 bits per heavy atom. The second-order valence-electron chi connectivity index (χ2n) is 4.74. The van der Waals surface area contributed by atoms with Gasteiger partial charge in [0.1, 0.15) is 11.6 Å². The fraction of sp³-hybridized carbons (Fsp3) is 0.308. The Morgan fingerprint density at radius 2 is 2.40 bits per heavy atom. The van der Waals surface area contributed by atoms with E-state index < -0.39 is 0 Å². The van der Waals surface area contributed by atoms with Crippen LogP contribution in [0.2, 0.25) is 0 Å². The Morgan fingerprint density at radius 3 is 3.05 bits per heavy atom. The predicted molar refractivity (Wildman–Crippen MR) is 71.3 cm³/mol. The van der Waals surface area contributed by atoms with Gasteiger partial charge in [-0.15, -0.1) is 0 Å². The van der Waals surface area contributed by atoms with Gasteiger partial charge in [-0.05, 0) is 12.1 Å². The van der Waals surface area contributed by atoms with Gasteiger partial charge in [-0.25, -0.2) is 0 Å². The molecule has 7 nitrogen and oxygen atoms in total. The van der Waals surface area contributed by atoms with Crippen LogP contribution in [0.25, 0.3) is 0 Å². The van der Waals surface area contributed by atoms with Crippen LogP contribution in [0.5, 0.6) is 0 Å². The van der Waals surface area contributed by atoms with Crippen LogP contribution in [0.3, 0.4) is 0 Å². The van der Waals surface area contributed by atoms with Crippen molar-refractivity contribution in [3.8, 4) is 0 Å². The molecule has 3 heterocycles. The van der Waals surface area contributed by atoms with Gasteiger partial charge in [0.2, 0.25) is 11.8 Å². The second-order valence-corrected chi connectivity index (χ2v) is 4.74. The normalized spacial score (nSPS) is 17.5. The minimum absolute atomic E-state index is 0.101. The summed E-state index contributed by atoms with van der Waals surface area (Å²) in [6.45, 7) is 1.42. The molecule has 2 amide bonds. The molecule has 0 bridgehead atoms. The van der Waals surface area contributed by atoms with Gasteiger partial charge >= 0.3 is 0 Å². The summed E-state index contributed by atoms with van der Waals surface area (Å²) in [6, 6.07) is 3.59. The monoisotopic (exact) mass is 274 g/mol. The fourth-order valence-electron chi connectivity index (χ4n) is 2.48. The number of rotatable bonds is 2. The minimum atomic E-state index is -0.246. The van der Waals surface area contributed by atoms with Crippen molar-refractivity contribution in [3.05, 3.63) is 29.7 Å². The Bertz CT molecular complexity index is 672. The number of hydrogen-bond donors (Lipinski definition) is 2. The van der Waals surface area contributed by atoms with Gasteiger partial charge in [-0.1, -0.05) is 0 Å². The van der Waals surface area contributed by atoms with Crippen LogP contribution in [0.1, 0.15) is 30.6 Å². The van der Waals surface area contributed by atoms with E-state index >= 15 is 0 Å². The zero-order valence-electron chi connectivity index (χ0n) is 11.1. The zero-order chi connectivity index (χ0) is 14.3. The number of amides is 2. The molecule has 1 aliphatic rings. The first-order chi connectivity index (χ1) is 9.56. The molecule has 7 heteroatoms. The lowest BCUT2D eigenvalue weighted by atomic mass is 9.91. The first kappa shape index (κ1) is 12.5. The lowest BCUT2D eigenvalue weighted by Crippen LogP contribution is -2.24. The number of fused-ring (bicyclic) bond motifs is 1. The maximum Gasteiger partial charge on any atom is 0.226 e. The third kappa shape index (κ3) is 1.97. The molecule has 20 heavy (non-hydrogen) atoms. The van der Waals surface area contributed by atoms with Crippen molar-refractivity contribution in [3.63, 3.8) is 0 Å². The van der Waals surface area contributed by atoms with Gasteiger partial charge in [0.05, 0.1) is 17.7 Å². The lowest BCUT2D eigenvalue weighted by Gasteiger charge is -2.22. The van der Waals surface area contributed by atoms with E-state index in [2.05, 4.69) is 15.7 Å². The predicted octanol–water partition coefficient (Wildman–Crippen LogP) is 1.45. The van der Waals surface area contributed by atoms with E-state index in [1.54, 1.807) is 24.1 Å². The first-order valence-corrected chi connectivity index (χ1v) is 6.24.